The van der Waals surface area contributed by atoms with Crippen LogP contribution in [0.1, 0.15) is 20.8 Å². The normalized spacial score (nSPS) is 13.8. The molecule has 0 radical (unpaired) electrons. The molecule has 0 fully saturated rings. The van der Waals surface area contributed by atoms with Crippen molar-refractivity contribution in [3.05, 3.63) is 28.3 Å². The highest BCUT2D eigenvalue weighted by atomic mass is 32.2. The number of nitrogens with one attached hydrogen (secondary N) is 1. The van der Waals surface area contributed by atoms with Gasteiger partial charge in [-0.3, -0.25) is 10.1 Å². The summed E-state index contributed by atoms with van der Waals surface area (Å²) in [5, 5.41) is 28.5. The van der Waals surface area contributed by atoms with E-state index in [2.05, 4.69) is 5.32 Å². The lowest BCUT2D eigenvalue weighted by Gasteiger charge is -2.26. The van der Waals surface area contributed by atoms with Crippen LogP contribution in [0, 0.1) is 15.5 Å². The minimum Gasteiger partial charge on any atom is -0.391 e. The highest BCUT2D eigenvalue weighted by molar-refractivity contribution is 7.89. The average Bonchev–Trinajstić information content (AvgIpc) is 2.33. The van der Waals surface area contributed by atoms with Crippen LogP contribution < -0.4 is 10.5 Å². The van der Waals surface area contributed by atoms with Crippen LogP contribution in [0.5, 0.6) is 0 Å². The molecule has 0 spiro atoms. The van der Waals surface area contributed by atoms with E-state index in [-0.39, 0.29) is 22.8 Å². The van der Waals surface area contributed by atoms with Gasteiger partial charge in [0, 0.05) is 18.7 Å². The summed E-state index contributed by atoms with van der Waals surface area (Å²) in [5.74, 6) is 0. The number of rotatable bonds is 5. The van der Waals surface area contributed by atoms with E-state index in [0.29, 0.717) is 0 Å². The Morgan fingerprint density at radius 2 is 2.00 bits per heavy atom. The maximum Gasteiger partial charge on any atom is 0.270 e. The smallest absolute Gasteiger partial charge is 0.270 e. The van der Waals surface area contributed by atoms with Crippen LogP contribution in [-0.4, -0.2) is 31.1 Å². The summed E-state index contributed by atoms with van der Waals surface area (Å²) in [4.78, 5) is 9.62. The minimum atomic E-state index is -4.12. The number of nitrogens with two attached hydrogens (primary N) is 1. The third-order valence-electron chi connectivity index (χ3n) is 2.97. The molecule has 118 valence electrons. The van der Waals surface area contributed by atoms with Crippen molar-refractivity contribution in [2.75, 3.05) is 11.9 Å². The van der Waals surface area contributed by atoms with Gasteiger partial charge in [-0.1, -0.05) is 20.8 Å². The van der Waals surface area contributed by atoms with Gasteiger partial charge < -0.3 is 10.4 Å². The Labute approximate surface area is 123 Å². The quantitative estimate of drug-likeness (QED) is 0.549. The lowest BCUT2D eigenvalue weighted by atomic mass is 9.89. The van der Waals surface area contributed by atoms with Crippen molar-refractivity contribution in [1.29, 1.82) is 0 Å². The number of hydrogen-bond acceptors (Lipinski definition) is 6. The number of hydrogen-bond donors (Lipinski definition) is 3. The number of nitrogens with zero attached hydrogens (tertiary/aromatic N) is 1. The Hall–Kier alpha value is -1.71. The van der Waals surface area contributed by atoms with E-state index in [1.54, 1.807) is 0 Å². The van der Waals surface area contributed by atoms with Gasteiger partial charge in [-0.15, -0.1) is 0 Å². The van der Waals surface area contributed by atoms with Crippen LogP contribution >= 0.6 is 0 Å². The lowest BCUT2D eigenvalue weighted by molar-refractivity contribution is -0.385. The molecule has 4 N–H and O–H groups in total. The molecule has 8 nitrogen and oxygen atoms in total. The van der Waals surface area contributed by atoms with E-state index >= 15 is 0 Å². The van der Waals surface area contributed by atoms with Gasteiger partial charge in [0.25, 0.3) is 5.69 Å². The fourth-order valence-corrected chi connectivity index (χ4v) is 2.25. The first-order valence-electron chi connectivity index (χ1n) is 6.16. The average molecular weight is 317 g/mol. The van der Waals surface area contributed by atoms with Gasteiger partial charge >= 0.3 is 0 Å². The van der Waals surface area contributed by atoms with Gasteiger partial charge in [-0.25, -0.2) is 13.6 Å². The second kappa shape index (κ2) is 5.96. The molecular weight excluding hydrogens is 298 g/mol. The van der Waals surface area contributed by atoms with Gasteiger partial charge in [-0.05, 0) is 11.5 Å². The number of sulfonamides is 1. The van der Waals surface area contributed by atoms with Crippen LogP contribution in [-0.2, 0) is 10.0 Å². The lowest BCUT2D eigenvalue weighted by Crippen LogP contribution is -2.33. The standard InChI is InChI=1S/C12H19N3O5S/c1-12(2,3)11(16)7-14-9-5-4-8(15(17)18)6-10(9)21(13,19)20/h4-6,11,14,16H,7H2,1-3H3,(H2,13,19,20)/t11-/m1/s1. The number of nitro groups is 1. The van der Waals surface area contributed by atoms with Crippen LogP contribution in [0.15, 0.2) is 23.1 Å². The molecule has 1 rings (SSSR count). The predicted octanol–water partition coefficient (Wildman–Crippen LogP) is 1.06. The largest absolute Gasteiger partial charge is 0.391 e. The summed E-state index contributed by atoms with van der Waals surface area (Å²) in [6.07, 6.45) is -0.735. The molecule has 1 aromatic carbocycles. The molecule has 0 aliphatic carbocycles. The highest BCUT2D eigenvalue weighted by Crippen LogP contribution is 2.26. The predicted molar refractivity (Wildman–Crippen MR) is 78.4 cm³/mol. The van der Waals surface area contributed by atoms with Gasteiger partial charge in [0.1, 0.15) is 4.90 Å². The Bertz CT molecular complexity index is 637. The number of primary sulfonamides is 1. The van der Waals surface area contributed by atoms with Gasteiger partial charge in [-0.2, -0.15) is 0 Å². The first kappa shape index (κ1) is 17.3. The second-order valence-corrected chi connectivity index (χ2v) is 7.28. The SMILES string of the molecule is CC(C)(C)[C@H](O)CNc1ccc([N+](=O)[O-])cc1S(N)(=O)=O. The monoisotopic (exact) mass is 317 g/mol. The molecule has 0 aliphatic heterocycles. The fraction of sp³-hybridized carbons (Fsp3) is 0.500. The molecule has 9 heteroatoms. The summed E-state index contributed by atoms with van der Waals surface area (Å²) < 4.78 is 23.0. The van der Waals surface area contributed by atoms with Crippen molar-refractivity contribution in [2.45, 2.75) is 31.8 Å². The van der Waals surface area contributed by atoms with Gasteiger partial charge in [0.2, 0.25) is 10.0 Å². The van der Waals surface area contributed by atoms with E-state index in [1.807, 2.05) is 20.8 Å². The topological polar surface area (TPSA) is 136 Å². The van der Waals surface area contributed by atoms with Crippen LogP contribution in [0.2, 0.25) is 0 Å². The molecule has 21 heavy (non-hydrogen) atoms. The molecule has 1 aromatic rings. The summed E-state index contributed by atoms with van der Waals surface area (Å²) in [6.45, 7) is 5.57. The summed E-state index contributed by atoms with van der Waals surface area (Å²) in [5.41, 5.74) is -0.650. The zero-order chi connectivity index (χ0) is 16.4. The van der Waals surface area contributed by atoms with E-state index in [1.165, 1.54) is 12.1 Å². The summed E-state index contributed by atoms with van der Waals surface area (Å²) in [7, 11) is -4.12. The molecule has 0 aliphatic rings. The Kier molecular flexibility index (Phi) is 4.92. The van der Waals surface area contributed by atoms with E-state index in [0.717, 1.165) is 6.07 Å². The number of non-ortho nitro benzene ring substituents is 1. The van der Waals surface area contributed by atoms with Crippen LogP contribution in [0.3, 0.4) is 0 Å². The van der Waals surface area contributed by atoms with E-state index in [4.69, 9.17) is 5.14 Å². The molecule has 0 amide bonds. The second-order valence-electron chi connectivity index (χ2n) is 5.75. The molecule has 1 atom stereocenters. The maximum absolute atomic E-state index is 11.5. The number of benzene rings is 1. The Morgan fingerprint density at radius 3 is 2.43 bits per heavy atom. The van der Waals surface area contributed by atoms with Crippen molar-refractivity contribution in [1.82, 2.24) is 0 Å². The van der Waals surface area contributed by atoms with Gasteiger partial charge in [0.05, 0.1) is 16.7 Å². The third-order valence-corrected chi connectivity index (χ3v) is 3.92. The number of nitro benzene ring substituents is 1. The Balaban J connectivity index is 3.11. The van der Waals surface area contributed by atoms with Crippen molar-refractivity contribution in [3.8, 4) is 0 Å². The van der Waals surface area contributed by atoms with Crippen LogP contribution in [0.25, 0.3) is 0 Å². The molecule has 0 bridgehead atoms. The first-order chi connectivity index (χ1) is 9.43. The molecule has 0 heterocycles. The highest BCUT2D eigenvalue weighted by Gasteiger charge is 2.24. The fourth-order valence-electron chi connectivity index (χ4n) is 1.52. The van der Waals surface area contributed by atoms with Gasteiger partial charge in [0.15, 0.2) is 0 Å². The maximum atomic E-state index is 11.5. The van der Waals surface area contributed by atoms with E-state index in [9.17, 15) is 23.6 Å². The number of aliphatic hydroxyl groups excluding tert-OH is 1. The summed E-state index contributed by atoms with van der Waals surface area (Å²) >= 11 is 0. The Morgan fingerprint density at radius 1 is 1.43 bits per heavy atom. The van der Waals surface area contributed by atoms with E-state index < -0.39 is 26.5 Å². The zero-order valence-corrected chi connectivity index (χ0v) is 12.8. The van der Waals surface area contributed by atoms with Crippen molar-refractivity contribution in [2.24, 2.45) is 10.6 Å². The molecule has 0 aromatic heterocycles. The summed E-state index contributed by atoms with van der Waals surface area (Å²) in [6, 6.07) is 3.31. The van der Waals surface area contributed by atoms with Crippen LogP contribution in [0.4, 0.5) is 11.4 Å². The molecule has 0 unspecified atom stereocenters. The molecular formula is C12H19N3O5S. The van der Waals surface area contributed by atoms with Crippen molar-refractivity contribution in [3.63, 3.8) is 0 Å². The molecule has 0 saturated heterocycles. The first-order valence-corrected chi connectivity index (χ1v) is 7.70. The minimum absolute atomic E-state index is 0.0871. The number of anilines is 1. The molecule has 0 saturated carbocycles. The van der Waals surface area contributed by atoms with Crippen molar-refractivity contribution < 1.29 is 18.4 Å². The number of aliphatic hydroxyl groups is 1. The third kappa shape index (κ3) is 4.66. The van der Waals surface area contributed by atoms with Crippen molar-refractivity contribution >= 4 is 21.4 Å². The zero-order valence-electron chi connectivity index (χ0n) is 12.0.